The molecule has 0 saturated carbocycles. The number of benzene rings is 4. The third-order valence-corrected chi connectivity index (χ3v) is 8.93. The van der Waals surface area contributed by atoms with Crippen molar-refractivity contribution < 1.29 is 0 Å². The molecule has 0 atom stereocenters. The summed E-state index contributed by atoms with van der Waals surface area (Å²) in [5.41, 5.74) is 12.7. The topological polar surface area (TPSA) is 0 Å². The van der Waals surface area contributed by atoms with Gasteiger partial charge in [-0.2, -0.15) is 0 Å². The van der Waals surface area contributed by atoms with E-state index in [2.05, 4.69) is 97.1 Å². The second kappa shape index (κ2) is 4.95. The molecule has 142 valence electrons. The summed E-state index contributed by atoms with van der Waals surface area (Å²) < 4.78 is 0. The van der Waals surface area contributed by atoms with Crippen molar-refractivity contribution in [1.82, 2.24) is 0 Å². The van der Waals surface area contributed by atoms with E-state index in [-0.39, 0.29) is 10.8 Å². The Bertz CT molecular complexity index is 1170. The zero-order chi connectivity index (χ0) is 19.5. The van der Waals surface area contributed by atoms with Crippen LogP contribution in [0.4, 0.5) is 0 Å². The van der Waals surface area contributed by atoms with E-state index in [1.54, 1.807) is 44.5 Å². The van der Waals surface area contributed by atoms with Crippen LogP contribution >= 0.6 is 0 Å². The van der Waals surface area contributed by atoms with Crippen LogP contribution in [0.25, 0.3) is 0 Å². The Balaban J connectivity index is 1.62. The van der Waals surface area contributed by atoms with Crippen LogP contribution in [0.3, 0.4) is 0 Å². The highest BCUT2D eigenvalue weighted by atomic mass is 14.7. The van der Waals surface area contributed by atoms with Gasteiger partial charge in [0.05, 0.1) is 0 Å². The van der Waals surface area contributed by atoms with Crippen LogP contribution in [-0.4, -0.2) is 0 Å². The highest BCUT2D eigenvalue weighted by Gasteiger charge is 2.69. The van der Waals surface area contributed by atoms with Crippen LogP contribution < -0.4 is 0 Å². The van der Waals surface area contributed by atoms with Gasteiger partial charge in [-0.05, 0) is 57.3 Å². The first-order valence-electron chi connectivity index (χ1n) is 11.2. The van der Waals surface area contributed by atoms with Crippen LogP contribution in [0.5, 0.6) is 0 Å². The second-order valence-electron chi connectivity index (χ2n) is 9.67. The largest absolute Gasteiger partial charge is 0.0620 e. The maximum Gasteiger partial charge on any atom is 0.0355 e. The zero-order valence-corrected chi connectivity index (χ0v) is 16.8. The molecule has 0 aliphatic heterocycles. The lowest BCUT2D eigenvalue weighted by Gasteiger charge is -2.68. The summed E-state index contributed by atoms with van der Waals surface area (Å²) in [6.45, 7) is 0. The summed E-state index contributed by atoms with van der Waals surface area (Å²) in [5, 5.41) is 0. The fourth-order valence-corrected chi connectivity index (χ4v) is 8.14. The van der Waals surface area contributed by atoms with E-state index in [1.807, 2.05) is 0 Å². The van der Waals surface area contributed by atoms with Gasteiger partial charge in [-0.25, -0.2) is 0 Å². The summed E-state index contributed by atoms with van der Waals surface area (Å²) in [4.78, 5) is 0. The predicted octanol–water partition coefficient (Wildman–Crippen LogP) is 6.66. The normalized spacial score (nSPS) is 30.7. The van der Waals surface area contributed by atoms with Crippen LogP contribution in [0, 0.1) is 0 Å². The Morgan fingerprint density at radius 2 is 0.667 bits per heavy atom. The van der Waals surface area contributed by atoms with Gasteiger partial charge in [-0.3, -0.25) is 0 Å². The molecule has 0 heteroatoms. The molecule has 0 unspecified atom stereocenters. The third kappa shape index (κ3) is 1.42. The van der Waals surface area contributed by atoms with Gasteiger partial charge in [0.25, 0.3) is 0 Å². The molecule has 4 aromatic carbocycles. The van der Waals surface area contributed by atoms with Gasteiger partial charge >= 0.3 is 0 Å². The quantitative estimate of drug-likeness (QED) is 0.319. The Kier molecular flexibility index (Phi) is 2.59. The van der Waals surface area contributed by atoms with Crippen molar-refractivity contribution >= 4 is 0 Å². The van der Waals surface area contributed by atoms with Crippen molar-refractivity contribution in [2.24, 2.45) is 0 Å². The third-order valence-electron chi connectivity index (χ3n) is 8.93. The number of rotatable bonds is 0. The molecule has 4 bridgehead atoms. The molecule has 0 fully saturated rings. The van der Waals surface area contributed by atoms with E-state index in [0.29, 0.717) is 11.8 Å². The molecule has 0 amide bonds. The lowest BCUT2D eigenvalue weighted by atomic mass is 9.33. The molecule has 0 radical (unpaired) electrons. The summed E-state index contributed by atoms with van der Waals surface area (Å²) in [5.74, 6) is 0.935. The van der Waals surface area contributed by atoms with E-state index in [4.69, 9.17) is 0 Å². The Morgan fingerprint density at radius 3 is 0.967 bits per heavy atom. The van der Waals surface area contributed by atoms with Crippen molar-refractivity contribution in [1.29, 1.82) is 0 Å². The highest BCUT2D eigenvalue weighted by molar-refractivity contribution is 5.74. The van der Waals surface area contributed by atoms with Crippen LogP contribution in [-0.2, 0) is 10.8 Å². The van der Waals surface area contributed by atoms with Gasteiger partial charge in [-0.1, -0.05) is 97.1 Å². The standard InChI is InChI=1S/C30H22/c1-5-13-25-19(9-1)23-17-30-27-15-7-3-11-21(27)24(22-12-4-8-16-28(22)30)18-29(25,30)26-14-6-2-10-20(23)26/h1-16,23-24H,17-18H2. The molecule has 6 aliphatic rings. The van der Waals surface area contributed by atoms with Gasteiger partial charge in [0.1, 0.15) is 0 Å². The monoisotopic (exact) mass is 382 g/mol. The Labute approximate surface area is 177 Å². The smallest absolute Gasteiger partial charge is 0.0355 e. The summed E-state index contributed by atoms with van der Waals surface area (Å²) in [6.07, 6.45) is 2.36. The first-order chi connectivity index (χ1) is 14.9. The first-order valence-corrected chi connectivity index (χ1v) is 11.2. The van der Waals surface area contributed by atoms with Gasteiger partial charge < -0.3 is 0 Å². The van der Waals surface area contributed by atoms with Crippen molar-refractivity contribution in [3.05, 3.63) is 142 Å². The molecule has 0 heterocycles. The van der Waals surface area contributed by atoms with Crippen molar-refractivity contribution in [3.8, 4) is 0 Å². The van der Waals surface area contributed by atoms with E-state index < -0.39 is 0 Å². The fourth-order valence-electron chi connectivity index (χ4n) is 8.14. The molecule has 0 aromatic heterocycles. The molecular weight excluding hydrogens is 360 g/mol. The SMILES string of the molecule is c1ccc2c(c1)C1CC34c5ccccc5C(CC23c2ccccc21)c1ccccc14. The second-order valence-corrected chi connectivity index (χ2v) is 9.67. The Hall–Kier alpha value is -3.12. The van der Waals surface area contributed by atoms with Crippen LogP contribution in [0.15, 0.2) is 97.1 Å². The van der Waals surface area contributed by atoms with Crippen molar-refractivity contribution in [3.63, 3.8) is 0 Å². The average molecular weight is 383 g/mol. The molecule has 0 N–H and O–H groups in total. The molecule has 6 aliphatic carbocycles. The molecule has 0 nitrogen and oxygen atoms in total. The minimum atomic E-state index is 0.0301. The van der Waals surface area contributed by atoms with Crippen LogP contribution in [0.2, 0.25) is 0 Å². The predicted molar refractivity (Wildman–Crippen MR) is 120 cm³/mol. The van der Waals surface area contributed by atoms with Crippen molar-refractivity contribution in [2.75, 3.05) is 0 Å². The molecular formula is C30H22. The Morgan fingerprint density at radius 1 is 0.400 bits per heavy atom. The number of hydrogen-bond donors (Lipinski definition) is 0. The van der Waals surface area contributed by atoms with Gasteiger partial charge in [0.15, 0.2) is 0 Å². The maximum absolute atomic E-state index is 2.45. The fraction of sp³-hybridized carbons (Fsp3) is 0.200. The van der Waals surface area contributed by atoms with Gasteiger partial charge in [-0.15, -0.1) is 0 Å². The number of hydrogen-bond acceptors (Lipinski definition) is 0. The van der Waals surface area contributed by atoms with Gasteiger partial charge in [0.2, 0.25) is 0 Å². The van der Waals surface area contributed by atoms with Crippen LogP contribution in [0.1, 0.15) is 69.2 Å². The molecule has 0 saturated heterocycles. The lowest BCUT2D eigenvalue weighted by Crippen LogP contribution is -2.63. The lowest BCUT2D eigenvalue weighted by molar-refractivity contribution is 0.171. The minimum Gasteiger partial charge on any atom is -0.0620 e. The molecule has 10 rings (SSSR count). The molecule has 4 aromatic rings. The van der Waals surface area contributed by atoms with E-state index in [1.165, 1.54) is 12.8 Å². The van der Waals surface area contributed by atoms with Gasteiger partial charge in [0, 0.05) is 22.7 Å². The minimum absolute atomic E-state index is 0.0301. The first kappa shape index (κ1) is 15.7. The van der Waals surface area contributed by atoms with E-state index in [9.17, 15) is 0 Å². The maximum atomic E-state index is 2.45. The highest BCUT2D eigenvalue weighted by Crippen LogP contribution is 2.75. The average Bonchev–Trinajstić information content (AvgIpc) is 2.84. The van der Waals surface area contributed by atoms with E-state index >= 15 is 0 Å². The summed E-state index contributed by atoms with van der Waals surface area (Å²) in [7, 11) is 0. The molecule has 30 heavy (non-hydrogen) atoms. The summed E-state index contributed by atoms with van der Waals surface area (Å²) in [6, 6.07) is 37.5. The summed E-state index contributed by atoms with van der Waals surface area (Å²) >= 11 is 0. The molecule has 2 spiro atoms. The van der Waals surface area contributed by atoms with E-state index in [0.717, 1.165) is 0 Å². The van der Waals surface area contributed by atoms with Crippen molar-refractivity contribution in [2.45, 2.75) is 35.5 Å². The zero-order valence-electron chi connectivity index (χ0n) is 16.8.